The van der Waals surface area contributed by atoms with Gasteiger partial charge in [0.05, 0.1) is 24.5 Å². The van der Waals surface area contributed by atoms with Crippen molar-refractivity contribution >= 4 is 11.7 Å². The van der Waals surface area contributed by atoms with Crippen molar-refractivity contribution in [2.24, 2.45) is 0 Å². The summed E-state index contributed by atoms with van der Waals surface area (Å²) < 4.78 is 11.4. The molecule has 0 unspecified atom stereocenters. The van der Waals surface area contributed by atoms with E-state index in [-0.39, 0.29) is 0 Å². The average molecular weight is 368 g/mol. The van der Waals surface area contributed by atoms with Crippen LogP contribution in [0.25, 0.3) is 11.1 Å². The van der Waals surface area contributed by atoms with E-state index in [1.165, 1.54) is 0 Å². The van der Waals surface area contributed by atoms with Gasteiger partial charge in [0.2, 0.25) is 0 Å². The van der Waals surface area contributed by atoms with Crippen LogP contribution >= 0.6 is 0 Å². The number of ether oxygens (including phenoxy) is 2. The maximum atomic E-state index is 12.0. The van der Waals surface area contributed by atoms with Crippen molar-refractivity contribution in [3.8, 4) is 16.9 Å². The second-order valence-electron chi connectivity index (χ2n) is 6.98. The van der Waals surface area contributed by atoms with Crippen molar-refractivity contribution in [2.45, 2.75) is 20.4 Å². The number of nitrogens with zero attached hydrogens (tertiary/aromatic N) is 1. The van der Waals surface area contributed by atoms with Gasteiger partial charge >= 0.3 is 5.97 Å². The number of nitrogens with one attached hydrogen (secondary N) is 1. The van der Waals surface area contributed by atoms with Gasteiger partial charge in [-0.3, -0.25) is 5.32 Å². The van der Waals surface area contributed by atoms with Gasteiger partial charge in [-0.15, -0.1) is 0 Å². The monoisotopic (exact) mass is 368 g/mol. The molecule has 2 aliphatic heterocycles. The molecule has 142 valence electrons. The summed E-state index contributed by atoms with van der Waals surface area (Å²) in [5.74, 6) is -0.00562. The van der Waals surface area contributed by atoms with Gasteiger partial charge in [0.25, 0.3) is 0 Å². The second kappa shape index (κ2) is 7.21. The van der Waals surface area contributed by atoms with Crippen molar-refractivity contribution < 1.29 is 19.4 Å². The zero-order valence-corrected chi connectivity index (χ0v) is 15.7. The molecule has 1 fully saturated rings. The second-order valence-corrected chi connectivity index (χ2v) is 6.98. The van der Waals surface area contributed by atoms with Crippen LogP contribution in [0.2, 0.25) is 0 Å². The highest BCUT2D eigenvalue weighted by Crippen LogP contribution is 2.41. The third kappa shape index (κ3) is 3.15. The number of carbonyl (C=O) groups is 1. The first-order valence-corrected chi connectivity index (χ1v) is 9.24. The quantitative estimate of drug-likeness (QED) is 0.868. The minimum absolute atomic E-state index is 0.380. The number of rotatable bonds is 3. The molecule has 6 heteroatoms. The highest BCUT2D eigenvalue weighted by molar-refractivity contribution is 5.99. The topological polar surface area (TPSA) is 71.0 Å². The molecule has 0 saturated carbocycles. The van der Waals surface area contributed by atoms with E-state index in [0.717, 1.165) is 45.8 Å². The third-order valence-electron chi connectivity index (χ3n) is 5.47. The van der Waals surface area contributed by atoms with E-state index in [0.29, 0.717) is 38.6 Å². The average Bonchev–Trinajstić information content (AvgIpc) is 2.70. The Balaban J connectivity index is 1.92. The molecule has 2 aromatic rings. The van der Waals surface area contributed by atoms with Gasteiger partial charge in [-0.05, 0) is 36.6 Å². The van der Waals surface area contributed by atoms with Gasteiger partial charge in [0.15, 0.2) is 0 Å². The Morgan fingerprint density at radius 1 is 1.15 bits per heavy atom. The Kier molecular flexibility index (Phi) is 4.76. The molecule has 4 rings (SSSR count). The van der Waals surface area contributed by atoms with Crippen molar-refractivity contribution in [2.75, 3.05) is 37.9 Å². The Morgan fingerprint density at radius 2 is 1.93 bits per heavy atom. The van der Waals surface area contributed by atoms with E-state index < -0.39 is 5.97 Å². The summed E-state index contributed by atoms with van der Waals surface area (Å²) in [4.78, 5) is 14.1. The van der Waals surface area contributed by atoms with Crippen molar-refractivity contribution in [3.63, 3.8) is 0 Å². The molecule has 0 bridgehead atoms. The maximum absolute atomic E-state index is 12.0. The fourth-order valence-corrected chi connectivity index (χ4v) is 3.92. The van der Waals surface area contributed by atoms with Crippen LogP contribution in [0.15, 0.2) is 24.3 Å². The molecule has 0 amide bonds. The summed E-state index contributed by atoms with van der Waals surface area (Å²) in [5.41, 5.74) is 6.07. The fourth-order valence-electron chi connectivity index (χ4n) is 3.92. The molecule has 0 atom stereocenters. The van der Waals surface area contributed by atoms with Crippen molar-refractivity contribution in [1.82, 2.24) is 5.32 Å². The SMILES string of the molecule is Cc1c(-c2cccc3c2OCNC3)cc(N2CCOCC2)c(C(=O)O)c1C. The number of hydrogen-bond acceptors (Lipinski definition) is 5. The van der Waals surface area contributed by atoms with Gasteiger partial charge in [-0.1, -0.05) is 18.2 Å². The Morgan fingerprint density at radius 3 is 2.67 bits per heavy atom. The molecule has 0 aliphatic carbocycles. The lowest BCUT2D eigenvalue weighted by atomic mass is 9.90. The minimum atomic E-state index is -0.890. The molecule has 0 spiro atoms. The van der Waals surface area contributed by atoms with Gasteiger partial charge in [0.1, 0.15) is 12.5 Å². The smallest absolute Gasteiger partial charge is 0.338 e. The normalized spacial score (nSPS) is 16.6. The van der Waals surface area contributed by atoms with E-state index in [1.54, 1.807) is 0 Å². The van der Waals surface area contributed by atoms with Gasteiger partial charge < -0.3 is 19.5 Å². The number of para-hydroxylation sites is 1. The molecule has 6 nitrogen and oxygen atoms in total. The first-order chi connectivity index (χ1) is 13.1. The highest BCUT2D eigenvalue weighted by atomic mass is 16.5. The molecule has 27 heavy (non-hydrogen) atoms. The summed E-state index contributed by atoms with van der Waals surface area (Å²) >= 11 is 0. The number of morpholine rings is 1. The van der Waals surface area contributed by atoms with E-state index in [2.05, 4.69) is 22.3 Å². The van der Waals surface area contributed by atoms with Crippen molar-refractivity contribution in [3.05, 3.63) is 46.5 Å². The van der Waals surface area contributed by atoms with E-state index in [4.69, 9.17) is 9.47 Å². The number of carboxylic acids is 1. The summed E-state index contributed by atoms with van der Waals surface area (Å²) in [6.45, 7) is 7.72. The predicted molar refractivity (Wildman–Crippen MR) is 104 cm³/mol. The maximum Gasteiger partial charge on any atom is 0.338 e. The van der Waals surface area contributed by atoms with Gasteiger partial charge in [-0.25, -0.2) is 4.79 Å². The number of anilines is 1. The molecule has 2 aromatic carbocycles. The lowest BCUT2D eigenvalue weighted by Gasteiger charge is -2.32. The first-order valence-electron chi connectivity index (χ1n) is 9.24. The fraction of sp³-hybridized carbons (Fsp3) is 0.381. The zero-order valence-electron chi connectivity index (χ0n) is 15.7. The molecular weight excluding hydrogens is 344 g/mol. The van der Waals surface area contributed by atoms with Gasteiger partial charge in [0, 0.05) is 30.8 Å². The van der Waals surface area contributed by atoms with Crippen LogP contribution in [0.5, 0.6) is 5.75 Å². The molecule has 0 radical (unpaired) electrons. The number of fused-ring (bicyclic) bond motifs is 1. The molecule has 0 aromatic heterocycles. The van der Waals surface area contributed by atoms with E-state index in [1.807, 2.05) is 26.0 Å². The molecule has 2 aliphatic rings. The Hall–Kier alpha value is -2.57. The number of hydrogen-bond donors (Lipinski definition) is 2. The minimum Gasteiger partial charge on any atom is -0.478 e. The van der Waals surface area contributed by atoms with E-state index in [9.17, 15) is 9.90 Å². The summed E-state index contributed by atoms with van der Waals surface area (Å²) in [6.07, 6.45) is 0. The third-order valence-corrected chi connectivity index (χ3v) is 5.47. The van der Waals surface area contributed by atoms with Crippen LogP contribution < -0.4 is 15.0 Å². The van der Waals surface area contributed by atoms with E-state index >= 15 is 0 Å². The largest absolute Gasteiger partial charge is 0.478 e. The molecule has 1 saturated heterocycles. The Labute approximate surface area is 158 Å². The number of benzene rings is 2. The Bertz CT molecular complexity index is 888. The number of aromatic carboxylic acids is 1. The van der Waals surface area contributed by atoms with Gasteiger partial charge in [-0.2, -0.15) is 0 Å². The zero-order chi connectivity index (χ0) is 19.0. The lowest BCUT2D eigenvalue weighted by Crippen LogP contribution is -2.37. The first kappa shape index (κ1) is 17.8. The van der Waals surface area contributed by atoms with Crippen molar-refractivity contribution in [1.29, 1.82) is 0 Å². The molecule has 2 N–H and O–H groups in total. The summed E-state index contributed by atoms with van der Waals surface area (Å²) in [6, 6.07) is 8.15. The highest BCUT2D eigenvalue weighted by Gasteiger charge is 2.25. The van der Waals surface area contributed by atoms with Crippen LogP contribution in [0, 0.1) is 13.8 Å². The number of carboxylic acid groups (broad SMARTS) is 1. The van der Waals surface area contributed by atoms with Crippen LogP contribution in [-0.4, -0.2) is 44.1 Å². The van der Waals surface area contributed by atoms with Crippen LogP contribution in [0.1, 0.15) is 27.0 Å². The molecule has 2 heterocycles. The van der Waals surface area contributed by atoms with Crippen LogP contribution in [-0.2, 0) is 11.3 Å². The summed E-state index contributed by atoms with van der Waals surface area (Å²) in [5, 5.41) is 13.1. The lowest BCUT2D eigenvalue weighted by molar-refractivity contribution is 0.0695. The predicted octanol–water partition coefficient (Wildman–Crippen LogP) is 2.94. The standard InChI is InChI=1S/C21H24N2O4/c1-13-14(2)19(21(24)25)18(23-6-8-26-9-7-23)10-17(13)16-5-3-4-15-11-22-12-27-20(15)16/h3-5,10,22H,6-9,11-12H2,1-2H3,(H,24,25). The van der Waals surface area contributed by atoms with Crippen LogP contribution in [0.3, 0.4) is 0 Å². The molecular formula is C21H24N2O4. The summed E-state index contributed by atoms with van der Waals surface area (Å²) in [7, 11) is 0. The van der Waals surface area contributed by atoms with Crippen LogP contribution in [0.4, 0.5) is 5.69 Å².